The summed E-state index contributed by atoms with van der Waals surface area (Å²) in [4.78, 5) is 37.5. The molecule has 336 valence electrons. The molecular weight excluding hydrogens is 757 g/mol. The molecule has 0 aromatic heterocycles. The maximum atomic E-state index is 12.7. The minimum absolute atomic E-state index is 0.0261. The van der Waals surface area contributed by atoms with E-state index in [9.17, 15) is 29.3 Å². The highest BCUT2D eigenvalue weighted by atomic mass is 31.2. The number of ether oxygens (including phenoxy) is 2. The fraction of sp³-hybridized carbons (Fsp3) is 0.739. The highest BCUT2D eigenvalue weighted by Crippen LogP contribution is 2.38. The Hall–Kier alpha value is -2.37. The normalized spacial score (nSPS) is 15.2. The lowest BCUT2D eigenvalue weighted by molar-refractivity contribution is -0.870. The molecule has 58 heavy (non-hydrogen) atoms. The van der Waals surface area contributed by atoms with Crippen LogP contribution in [0.5, 0.6) is 0 Å². The van der Waals surface area contributed by atoms with Crippen LogP contribution in [-0.2, 0) is 32.7 Å². The molecule has 0 bridgehead atoms. The van der Waals surface area contributed by atoms with E-state index in [0.29, 0.717) is 36.7 Å². The van der Waals surface area contributed by atoms with Gasteiger partial charge in [-0.1, -0.05) is 145 Å². The summed E-state index contributed by atoms with van der Waals surface area (Å²) in [6, 6.07) is 0. The number of aliphatic hydroxyl groups is 2. The summed E-state index contributed by atoms with van der Waals surface area (Å²) in [5, 5.41) is 20.2. The maximum Gasteiger partial charge on any atom is 0.306 e. The largest absolute Gasteiger partial charge is 0.756 e. The number of phosphoric acid groups is 1. The Morgan fingerprint density at radius 2 is 1.16 bits per heavy atom. The molecule has 0 spiro atoms. The standard InChI is InChI=1S/C46H82NO10P/c1-6-8-10-11-12-13-14-15-16-17-18-19-23-26-30-36-45(50)54-40-44(41-56-58(52,53)55-39-38-47(3,4)5)57-46(51)37-31-35-43(49)34-29-25-22-20-21-24-28-33-42(48)32-27-9-7-2/h13-14,21-22,24-25,28-29,33-34,42-44,48-49H,6-12,15-20,23,26-27,30-32,35-41H2,1-5H3/b14-13-,24-21-,25-22-,33-28+,34-29+/t42-,43-,44-/m1/s1. The molecule has 0 aromatic rings. The van der Waals surface area contributed by atoms with Gasteiger partial charge in [0.05, 0.1) is 40.0 Å². The average molecular weight is 840 g/mol. The van der Waals surface area contributed by atoms with Gasteiger partial charge in [-0.3, -0.25) is 14.2 Å². The number of hydrogen-bond acceptors (Lipinski definition) is 10. The van der Waals surface area contributed by atoms with Crippen LogP contribution < -0.4 is 4.89 Å². The van der Waals surface area contributed by atoms with Gasteiger partial charge in [-0.15, -0.1) is 0 Å². The number of phosphoric ester groups is 1. The Labute approximate surface area is 352 Å². The van der Waals surface area contributed by atoms with Crippen molar-refractivity contribution < 1.29 is 52.3 Å². The Kier molecular flexibility index (Phi) is 36.1. The average Bonchev–Trinajstić information content (AvgIpc) is 3.16. The highest BCUT2D eigenvalue weighted by Gasteiger charge is 2.22. The number of aliphatic hydroxyl groups excluding tert-OH is 2. The lowest BCUT2D eigenvalue weighted by atomic mass is 10.1. The lowest BCUT2D eigenvalue weighted by Gasteiger charge is -2.28. The minimum atomic E-state index is -4.69. The van der Waals surface area contributed by atoms with Crippen LogP contribution in [0.25, 0.3) is 0 Å². The predicted molar refractivity (Wildman–Crippen MR) is 234 cm³/mol. The summed E-state index contributed by atoms with van der Waals surface area (Å²) in [6.07, 6.45) is 37.4. The zero-order valence-corrected chi connectivity index (χ0v) is 37.8. The summed E-state index contributed by atoms with van der Waals surface area (Å²) in [5.41, 5.74) is 0. The van der Waals surface area contributed by atoms with Gasteiger partial charge in [0.15, 0.2) is 6.10 Å². The first kappa shape index (κ1) is 55.6. The lowest BCUT2D eigenvalue weighted by Crippen LogP contribution is -2.37. The van der Waals surface area contributed by atoms with Gasteiger partial charge >= 0.3 is 11.9 Å². The topological polar surface area (TPSA) is 152 Å². The van der Waals surface area contributed by atoms with Crippen molar-refractivity contribution >= 4 is 19.8 Å². The van der Waals surface area contributed by atoms with Crippen molar-refractivity contribution in [3.05, 3.63) is 60.8 Å². The molecule has 0 saturated heterocycles. The second kappa shape index (κ2) is 37.6. The number of carbonyl (C=O) groups excluding carboxylic acids is 2. The fourth-order valence-corrected chi connectivity index (χ4v) is 6.36. The Morgan fingerprint density at radius 1 is 0.638 bits per heavy atom. The predicted octanol–water partition coefficient (Wildman–Crippen LogP) is 9.77. The highest BCUT2D eigenvalue weighted by molar-refractivity contribution is 7.45. The molecule has 0 fully saturated rings. The molecule has 0 saturated carbocycles. The van der Waals surface area contributed by atoms with Crippen LogP contribution in [0.3, 0.4) is 0 Å². The second-order valence-electron chi connectivity index (χ2n) is 16.1. The van der Waals surface area contributed by atoms with Gasteiger partial charge in [0.25, 0.3) is 7.82 Å². The monoisotopic (exact) mass is 840 g/mol. The van der Waals surface area contributed by atoms with E-state index in [0.717, 1.165) is 51.4 Å². The van der Waals surface area contributed by atoms with E-state index >= 15 is 0 Å². The zero-order chi connectivity index (χ0) is 43.2. The Bertz CT molecular complexity index is 1210. The number of hydrogen-bond donors (Lipinski definition) is 2. The van der Waals surface area contributed by atoms with Crippen molar-refractivity contribution in [2.24, 2.45) is 0 Å². The number of rotatable bonds is 39. The van der Waals surface area contributed by atoms with Gasteiger partial charge in [-0.05, 0) is 57.8 Å². The van der Waals surface area contributed by atoms with Gasteiger partial charge < -0.3 is 38.1 Å². The minimum Gasteiger partial charge on any atom is -0.756 e. The first-order chi connectivity index (χ1) is 27.8. The third kappa shape index (κ3) is 40.4. The quantitative estimate of drug-likeness (QED) is 0.0153. The molecule has 0 radical (unpaired) electrons. The first-order valence-electron chi connectivity index (χ1n) is 22.2. The SMILES string of the molecule is CCCCCC/C=C\CCCCCCCCCC(=O)OC[C@H](COP(=O)([O-])OCC[N+](C)(C)C)OC(=O)CCC[C@H](O)/C=C/C=C\C/C=C\C=C\[C@H](O)CCCCC. The van der Waals surface area contributed by atoms with Crippen LogP contribution in [0.15, 0.2) is 60.8 Å². The number of unbranched alkanes of at least 4 members (excludes halogenated alkanes) is 13. The fourth-order valence-electron chi connectivity index (χ4n) is 5.63. The molecule has 4 atom stereocenters. The molecule has 0 heterocycles. The number of likely N-dealkylation sites (N-methyl/N-ethyl adjacent to an activating group) is 1. The van der Waals surface area contributed by atoms with Crippen LogP contribution in [0.4, 0.5) is 0 Å². The molecule has 2 N–H and O–H groups in total. The molecule has 1 unspecified atom stereocenters. The number of esters is 2. The van der Waals surface area contributed by atoms with Gasteiger partial charge in [0, 0.05) is 12.8 Å². The molecule has 0 rings (SSSR count). The maximum absolute atomic E-state index is 12.7. The van der Waals surface area contributed by atoms with Crippen molar-refractivity contribution in [2.45, 2.75) is 173 Å². The molecule has 12 heteroatoms. The molecule has 0 aliphatic heterocycles. The summed E-state index contributed by atoms with van der Waals surface area (Å²) in [6.45, 7) is 3.82. The van der Waals surface area contributed by atoms with Gasteiger partial charge in [-0.25, -0.2) is 0 Å². The number of quaternary nitrogens is 1. The Morgan fingerprint density at radius 3 is 1.74 bits per heavy atom. The summed E-state index contributed by atoms with van der Waals surface area (Å²) in [7, 11) is 1.01. The third-order valence-corrected chi connectivity index (χ3v) is 10.2. The molecule has 11 nitrogen and oxygen atoms in total. The molecule has 0 aliphatic rings. The number of allylic oxidation sites excluding steroid dienone is 8. The molecule has 0 aromatic carbocycles. The van der Waals surface area contributed by atoms with E-state index in [4.69, 9.17) is 18.5 Å². The summed E-state index contributed by atoms with van der Waals surface area (Å²) >= 11 is 0. The van der Waals surface area contributed by atoms with Crippen LogP contribution in [0.1, 0.15) is 155 Å². The van der Waals surface area contributed by atoms with E-state index in [2.05, 4.69) is 26.0 Å². The number of nitrogens with zero attached hydrogens (tertiary/aromatic N) is 1. The van der Waals surface area contributed by atoms with Crippen molar-refractivity contribution in [1.82, 2.24) is 0 Å². The summed E-state index contributed by atoms with van der Waals surface area (Å²) in [5.74, 6) is -1.07. The molecule has 0 aliphatic carbocycles. The van der Waals surface area contributed by atoms with Gasteiger partial charge in [0.1, 0.15) is 19.8 Å². The zero-order valence-electron chi connectivity index (χ0n) is 36.9. The van der Waals surface area contributed by atoms with Crippen LogP contribution >= 0.6 is 7.82 Å². The van der Waals surface area contributed by atoms with Crippen molar-refractivity contribution in [1.29, 1.82) is 0 Å². The van der Waals surface area contributed by atoms with Crippen molar-refractivity contribution in [3.8, 4) is 0 Å². The van der Waals surface area contributed by atoms with Crippen molar-refractivity contribution in [3.63, 3.8) is 0 Å². The van der Waals surface area contributed by atoms with Crippen molar-refractivity contribution in [2.75, 3.05) is 47.5 Å². The number of carbonyl (C=O) groups is 2. The molecular formula is C46H82NO10P. The van der Waals surface area contributed by atoms with Crippen LogP contribution in [0, 0.1) is 0 Å². The second-order valence-corrected chi connectivity index (χ2v) is 17.5. The van der Waals surface area contributed by atoms with E-state index in [1.807, 2.05) is 51.5 Å². The molecule has 0 amide bonds. The van der Waals surface area contributed by atoms with Gasteiger partial charge in [0.2, 0.25) is 0 Å². The van der Waals surface area contributed by atoms with Gasteiger partial charge in [-0.2, -0.15) is 0 Å². The first-order valence-corrected chi connectivity index (χ1v) is 23.7. The third-order valence-electron chi connectivity index (χ3n) is 9.22. The van der Waals surface area contributed by atoms with E-state index in [-0.39, 0.29) is 26.1 Å². The van der Waals surface area contributed by atoms with E-state index in [1.165, 1.54) is 51.4 Å². The summed E-state index contributed by atoms with van der Waals surface area (Å²) < 4.78 is 33.7. The smallest absolute Gasteiger partial charge is 0.306 e. The van der Waals surface area contributed by atoms with E-state index in [1.54, 1.807) is 18.2 Å². The Balaban J connectivity index is 4.62. The van der Waals surface area contributed by atoms with Crippen LogP contribution in [0.2, 0.25) is 0 Å². The van der Waals surface area contributed by atoms with E-state index < -0.39 is 44.7 Å². The van der Waals surface area contributed by atoms with Crippen LogP contribution in [-0.4, -0.2) is 92.5 Å².